The van der Waals surface area contributed by atoms with Crippen LogP contribution in [0.25, 0.3) is 22.3 Å². The van der Waals surface area contributed by atoms with Gasteiger partial charge in [-0.25, -0.2) is 0 Å². The molecule has 0 aliphatic heterocycles. The number of furan rings is 2. The molecular weight excluding hydrogens is 322 g/mol. The van der Waals surface area contributed by atoms with Crippen molar-refractivity contribution in [1.29, 1.82) is 0 Å². The molecule has 0 spiro atoms. The van der Waals surface area contributed by atoms with Gasteiger partial charge in [0.05, 0.1) is 5.56 Å². The number of hydrogen-bond acceptors (Lipinski definition) is 4. The third-order valence-corrected chi connectivity index (χ3v) is 3.82. The van der Waals surface area contributed by atoms with Gasteiger partial charge in [-0.2, -0.15) is 5.10 Å². The van der Waals surface area contributed by atoms with Crippen LogP contribution in [0, 0.1) is 6.92 Å². The number of fused-ring (bicyclic) bond motifs is 1. The predicted molar refractivity (Wildman–Crippen MR) is 100 cm³/mol. The van der Waals surface area contributed by atoms with Crippen LogP contribution in [0.2, 0.25) is 0 Å². The molecule has 2 heterocycles. The molecule has 2 aromatic heterocycles. The van der Waals surface area contributed by atoms with Gasteiger partial charge in [-0.15, -0.1) is 0 Å². The highest BCUT2D eigenvalue weighted by Crippen LogP contribution is 2.36. The highest BCUT2D eigenvalue weighted by molar-refractivity contribution is 7.80. The summed E-state index contributed by atoms with van der Waals surface area (Å²) in [6, 6.07) is 11.9. The third kappa shape index (κ3) is 3.49. The minimum absolute atomic E-state index is 0.157. The molecule has 3 N–H and O–H groups in total. The zero-order valence-corrected chi connectivity index (χ0v) is 14.4. The highest BCUT2D eigenvalue weighted by atomic mass is 32.1. The quantitative estimate of drug-likeness (QED) is 0.414. The number of thiocarbonyl (C=S) groups is 1. The van der Waals surface area contributed by atoms with Crippen molar-refractivity contribution in [3.8, 4) is 11.3 Å². The molecule has 0 aliphatic rings. The van der Waals surface area contributed by atoms with Gasteiger partial charge >= 0.3 is 0 Å². The van der Waals surface area contributed by atoms with Crippen molar-refractivity contribution in [1.82, 2.24) is 5.43 Å². The van der Waals surface area contributed by atoms with Crippen LogP contribution in [0.3, 0.4) is 0 Å². The maximum absolute atomic E-state index is 6.05. The molecule has 0 atom stereocenters. The summed E-state index contributed by atoms with van der Waals surface area (Å²) in [5.74, 6) is 2.58. The van der Waals surface area contributed by atoms with E-state index in [0.29, 0.717) is 6.42 Å². The minimum Gasteiger partial charge on any atom is -0.461 e. The molecule has 0 bridgehead atoms. The van der Waals surface area contributed by atoms with E-state index in [0.717, 1.165) is 45.9 Å². The van der Waals surface area contributed by atoms with E-state index in [9.17, 15) is 0 Å². The van der Waals surface area contributed by atoms with E-state index in [1.165, 1.54) is 0 Å². The molecule has 124 valence electrons. The van der Waals surface area contributed by atoms with E-state index in [4.69, 9.17) is 26.8 Å². The molecule has 5 nitrogen and oxygen atoms in total. The molecule has 0 fully saturated rings. The van der Waals surface area contributed by atoms with E-state index in [1.807, 2.05) is 50.2 Å². The molecule has 0 unspecified atom stereocenters. The summed E-state index contributed by atoms with van der Waals surface area (Å²) in [7, 11) is 0. The number of aryl methyl sites for hydroxylation is 2. The van der Waals surface area contributed by atoms with Gasteiger partial charge < -0.3 is 14.6 Å². The van der Waals surface area contributed by atoms with Crippen molar-refractivity contribution in [3.05, 3.63) is 47.9 Å². The Morgan fingerprint density at radius 3 is 2.71 bits per heavy atom. The number of nitrogens with two attached hydrogens (primary N) is 1. The molecule has 0 amide bonds. The van der Waals surface area contributed by atoms with Crippen LogP contribution in [0.5, 0.6) is 0 Å². The Hall–Kier alpha value is -2.60. The van der Waals surface area contributed by atoms with Crippen molar-refractivity contribution in [2.75, 3.05) is 0 Å². The Labute approximate surface area is 145 Å². The number of nitrogens with one attached hydrogen (secondary N) is 1. The van der Waals surface area contributed by atoms with Gasteiger partial charge in [0.25, 0.3) is 0 Å². The van der Waals surface area contributed by atoms with Crippen LogP contribution in [0.4, 0.5) is 0 Å². The maximum Gasteiger partial charge on any atom is 0.184 e. The zero-order chi connectivity index (χ0) is 17.1. The molecule has 6 heteroatoms. The second-order valence-corrected chi connectivity index (χ2v) is 6.07. The van der Waals surface area contributed by atoms with Crippen molar-refractivity contribution in [2.24, 2.45) is 10.8 Å². The van der Waals surface area contributed by atoms with E-state index >= 15 is 0 Å². The monoisotopic (exact) mass is 341 g/mol. The van der Waals surface area contributed by atoms with Crippen LogP contribution >= 0.6 is 12.2 Å². The first kappa shape index (κ1) is 16.3. The van der Waals surface area contributed by atoms with Crippen molar-refractivity contribution in [2.45, 2.75) is 26.7 Å². The molecule has 3 aromatic rings. The molecule has 0 saturated heterocycles. The summed E-state index contributed by atoms with van der Waals surface area (Å²) >= 11 is 4.75. The fraction of sp³-hybridized carbons (Fsp3) is 0.222. The smallest absolute Gasteiger partial charge is 0.184 e. The number of hydrogen-bond donors (Lipinski definition) is 2. The lowest BCUT2D eigenvalue weighted by molar-refractivity contribution is 0.532. The fourth-order valence-electron chi connectivity index (χ4n) is 2.61. The number of hydrazone groups is 1. The topological polar surface area (TPSA) is 76.7 Å². The average Bonchev–Trinajstić information content (AvgIpc) is 3.13. The molecule has 3 rings (SSSR count). The highest BCUT2D eigenvalue weighted by Gasteiger charge is 2.18. The van der Waals surface area contributed by atoms with Gasteiger partial charge in [0.15, 0.2) is 5.11 Å². The summed E-state index contributed by atoms with van der Waals surface area (Å²) < 4.78 is 11.9. The largest absolute Gasteiger partial charge is 0.461 e. The van der Waals surface area contributed by atoms with Crippen molar-refractivity contribution < 1.29 is 8.83 Å². The van der Waals surface area contributed by atoms with Crippen molar-refractivity contribution in [3.63, 3.8) is 0 Å². The second-order valence-electron chi connectivity index (χ2n) is 5.63. The first-order chi connectivity index (χ1) is 11.5. The zero-order valence-electron chi connectivity index (χ0n) is 13.6. The Morgan fingerprint density at radius 2 is 2.00 bits per heavy atom. The van der Waals surface area contributed by atoms with Crippen molar-refractivity contribution >= 4 is 34.0 Å². The number of para-hydroxylation sites is 1. The maximum atomic E-state index is 6.05. The second kappa shape index (κ2) is 6.88. The number of rotatable bonds is 5. The summed E-state index contributed by atoms with van der Waals surface area (Å²) in [5, 5.41) is 5.35. The number of benzene rings is 1. The Kier molecular flexibility index (Phi) is 4.66. The lowest BCUT2D eigenvalue weighted by Crippen LogP contribution is -2.25. The summed E-state index contributed by atoms with van der Waals surface area (Å²) in [5.41, 5.74) is 10.7. The molecule has 0 aliphatic carbocycles. The van der Waals surface area contributed by atoms with Gasteiger partial charge in [0.1, 0.15) is 22.9 Å². The van der Waals surface area contributed by atoms with Gasteiger partial charge in [0, 0.05) is 17.5 Å². The van der Waals surface area contributed by atoms with Crippen LogP contribution in [-0.4, -0.2) is 10.8 Å². The summed E-state index contributed by atoms with van der Waals surface area (Å²) in [4.78, 5) is 0. The van der Waals surface area contributed by atoms with Crippen LogP contribution in [0.1, 0.15) is 24.9 Å². The van der Waals surface area contributed by atoms with Gasteiger partial charge in [-0.3, -0.25) is 5.43 Å². The molecule has 0 radical (unpaired) electrons. The lowest BCUT2D eigenvalue weighted by atomic mass is 10.0. The standard InChI is InChI=1S/C18H19N3O2S/c1-11(20-21-18(19)24)7-9-16-17(15-10-8-12(2)22-15)13-5-3-4-6-14(13)23-16/h3-6,8,10H,7,9H2,1-2H3,(H3,19,21,24). The molecule has 24 heavy (non-hydrogen) atoms. The third-order valence-electron chi connectivity index (χ3n) is 3.73. The Balaban J connectivity index is 1.93. The van der Waals surface area contributed by atoms with Crippen LogP contribution in [0.15, 0.2) is 50.3 Å². The molecular formula is C18H19N3O2S. The molecule has 1 aromatic carbocycles. The van der Waals surface area contributed by atoms with Crippen LogP contribution in [-0.2, 0) is 6.42 Å². The van der Waals surface area contributed by atoms with E-state index in [1.54, 1.807) is 0 Å². The van der Waals surface area contributed by atoms with E-state index < -0.39 is 0 Å². The van der Waals surface area contributed by atoms with Crippen LogP contribution < -0.4 is 11.2 Å². The summed E-state index contributed by atoms with van der Waals surface area (Å²) in [6.45, 7) is 3.86. The SMILES string of the molecule is CC(CCc1oc2ccccc2c1-c1ccc(C)o1)=NNC(N)=S. The fourth-order valence-corrected chi connectivity index (χ4v) is 2.66. The van der Waals surface area contributed by atoms with Gasteiger partial charge in [-0.05, 0) is 50.7 Å². The lowest BCUT2D eigenvalue weighted by Gasteiger charge is -2.02. The summed E-state index contributed by atoms with van der Waals surface area (Å²) in [6.07, 6.45) is 1.43. The Morgan fingerprint density at radius 1 is 1.21 bits per heavy atom. The molecule has 0 saturated carbocycles. The number of nitrogens with zero attached hydrogens (tertiary/aromatic N) is 1. The first-order valence-electron chi connectivity index (χ1n) is 7.70. The minimum atomic E-state index is 0.157. The van der Waals surface area contributed by atoms with Gasteiger partial charge in [0.2, 0.25) is 0 Å². The van der Waals surface area contributed by atoms with E-state index in [2.05, 4.69) is 10.5 Å². The Bertz CT molecular complexity index is 908. The first-order valence-corrected chi connectivity index (χ1v) is 8.11. The van der Waals surface area contributed by atoms with Gasteiger partial charge in [-0.1, -0.05) is 18.2 Å². The normalized spacial score (nSPS) is 11.8. The average molecular weight is 341 g/mol. The van der Waals surface area contributed by atoms with E-state index in [-0.39, 0.29) is 5.11 Å². The predicted octanol–water partition coefficient (Wildman–Crippen LogP) is 4.14.